The predicted octanol–water partition coefficient (Wildman–Crippen LogP) is 1.96. The van der Waals surface area contributed by atoms with Crippen LogP contribution in [0, 0.1) is 6.92 Å². The van der Waals surface area contributed by atoms with Crippen molar-refractivity contribution in [3.63, 3.8) is 0 Å². The summed E-state index contributed by atoms with van der Waals surface area (Å²) in [5, 5.41) is 18.9. The molecule has 0 amide bonds. The number of aromatic amines is 1. The van der Waals surface area contributed by atoms with Crippen molar-refractivity contribution >= 4 is 17.7 Å². The fourth-order valence-corrected chi connectivity index (χ4v) is 2.15. The minimum absolute atomic E-state index is 0.0495. The summed E-state index contributed by atoms with van der Waals surface area (Å²) in [6, 6.07) is 7.76. The van der Waals surface area contributed by atoms with Crippen LogP contribution >= 0.6 is 11.8 Å². The van der Waals surface area contributed by atoms with E-state index in [0.29, 0.717) is 5.03 Å². The molecule has 2 aromatic rings. The van der Waals surface area contributed by atoms with Gasteiger partial charge in [-0.15, -0.1) is 10.2 Å². The van der Waals surface area contributed by atoms with Gasteiger partial charge in [0.15, 0.2) is 5.03 Å². The van der Waals surface area contributed by atoms with Gasteiger partial charge < -0.3 is 5.11 Å². The van der Waals surface area contributed by atoms with Crippen molar-refractivity contribution in [2.45, 2.75) is 16.8 Å². The van der Waals surface area contributed by atoms with Gasteiger partial charge in [-0.1, -0.05) is 29.5 Å². The number of aromatic carboxylic acids is 1. The lowest BCUT2D eigenvalue weighted by atomic mass is 10.2. The van der Waals surface area contributed by atoms with E-state index in [-0.39, 0.29) is 5.69 Å². The number of rotatable bonds is 3. The largest absolute Gasteiger partial charge is 0.476 e. The van der Waals surface area contributed by atoms with E-state index < -0.39 is 5.97 Å². The van der Waals surface area contributed by atoms with Gasteiger partial charge >= 0.3 is 5.97 Å². The number of carboxylic acid groups (broad SMARTS) is 1. The number of nitrogens with one attached hydrogen (secondary N) is 1. The number of aromatic nitrogens is 3. The highest BCUT2D eigenvalue weighted by Crippen LogP contribution is 2.27. The van der Waals surface area contributed by atoms with E-state index in [9.17, 15) is 4.79 Å². The molecule has 2 N–H and O–H groups in total. The van der Waals surface area contributed by atoms with E-state index in [1.807, 2.05) is 31.2 Å². The minimum atomic E-state index is -1.08. The van der Waals surface area contributed by atoms with E-state index in [0.717, 1.165) is 10.5 Å². The summed E-state index contributed by atoms with van der Waals surface area (Å²) in [7, 11) is 0. The van der Waals surface area contributed by atoms with Crippen LogP contribution in [0.15, 0.2) is 34.2 Å². The number of nitrogens with zero attached hydrogens (tertiary/aromatic N) is 2. The van der Waals surface area contributed by atoms with Crippen LogP contribution in [0.2, 0.25) is 0 Å². The Balaban J connectivity index is 2.27. The number of hydrogen-bond acceptors (Lipinski definition) is 4. The van der Waals surface area contributed by atoms with E-state index in [2.05, 4.69) is 15.4 Å². The Morgan fingerprint density at radius 3 is 2.94 bits per heavy atom. The van der Waals surface area contributed by atoms with Crippen LogP contribution < -0.4 is 0 Å². The average molecular weight is 235 g/mol. The molecule has 0 radical (unpaired) electrons. The Morgan fingerprint density at radius 2 is 2.25 bits per heavy atom. The number of carboxylic acids is 1. The number of benzene rings is 1. The van der Waals surface area contributed by atoms with Gasteiger partial charge in [-0.2, -0.15) is 5.21 Å². The van der Waals surface area contributed by atoms with Crippen LogP contribution in [0.1, 0.15) is 16.1 Å². The van der Waals surface area contributed by atoms with Crippen molar-refractivity contribution in [1.29, 1.82) is 0 Å². The van der Waals surface area contributed by atoms with Crippen LogP contribution in [-0.2, 0) is 0 Å². The van der Waals surface area contributed by atoms with E-state index in [1.165, 1.54) is 11.8 Å². The lowest BCUT2D eigenvalue weighted by Gasteiger charge is -1.99. The Kier molecular flexibility index (Phi) is 2.91. The molecular weight excluding hydrogens is 226 g/mol. The summed E-state index contributed by atoms with van der Waals surface area (Å²) in [6.07, 6.45) is 0. The third kappa shape index (κ3) is 2.22. The molecule has 0 saturated carbocycles. The van der Waals surface area contributed by atoms with Crippen molar-refractivity contribution in [3.05, 3.63) is 35.5 Å². The Hall–Kier alpha value is -1.82. The molecule has 0 aliphatic heterocycles. The molecule has 0 bridgehead atoms. The van der Waals surface area contributed by atoms with E-state index in [4.69, 9.17) is 5.11 Å². The van der Waals surface area contributed by atoms with Crippen molar-refractivity contribution in [2.24, 2.45) is 0 Å². The van der Waals surface area contributed by atoms with Gasteiger partial charge in [-0.25, -0.2) is 4.79 Å². The Labute approximate surface area is 95.9 Å². The number of H-pyrrole nitrogens is 1. The number of aryl methyl sites for hydroxylation is 1. The standard InChI is InChI=1S/C10H9N3O2S/c1-6-3-2-4-7(5-6)16-9-8(10(14)15)11-13-12-9/h2-5H,1H3,(H,14,15)(H,11,12,13). The minimum Gasteiger partial charge on any atom is -0.476 e. The summed E-state index contributed by atoms with van der Waals surface area (Å²) < 4.78 is 0. The Bertz CT molecular complexity index is 524. The molecule has 0 saturated heterocycles. The smallest absolute Gasteiger partial charge is 0.359 e. The molecule has 6 heteroatoms. The van der Waals surface area contributed by atoms with Crippen LogP contribution in [-0.4, -0.2) is 26.5 Å². The van der Waals surface area contributed by atoms with Crippen LogP contribution in [0.4, 0.5) is 0 Å². The molecule has 0 unspecified atom stereocenters. The molecule has 82 valence electrons. The van der Waals surface area contributed by atoms with Crippen molar-refractivity contribution in [1.82, 2.24) is 15.4 Å². The highest BCUT2D eigenvalue weighted by molar-refractivity contribution is 7.99. The third-order valence-electron chi connectivity index (χ3n) is 1.92. The molecule has 1 aromatic carbocycles. The average Bonchev–Trinajstić information content (AvgIpc) is 2.66. The molecule has 0 aliphatic carbocycles. The zero-order valence-corrected chi connectivity index (χ0v) is 9.28. The van der Waals surface area contributed by atoms with Gasteiger partial charge in [0.05, 0.1) is 0 Å². The van der Waals surface area contributed by atoms with Gasteiger partial charge in [0.2, 0.25) is 5.69 Å². The van der Waals surface area contributed by atoms with Crippen molar-refractivity contribution in [3.8, 4) is 0 Å². The van der Waals surface area contributed by atoms with Crippen molar-refractivity contribution in [2.75, 3.05) is 0 Å². The first-order valence-electron chi connectivity index (χ1n) is 4.55. The lowest BCUT2D eigenvalue weighted by Crippen LogP contribution is -1.98. The summed E-state index contributed by atoms with van der Waals surface area (Å²) in [5.41, 5.74) is 1.07. The normalized spacial score (nSPS) is 10.3. The number of hydrogen-bond donors (Lipinski definition) is 2. The fraction of sp³-hybridized carbons (Fsp3) is 0.100. The van der Waals surface area contributed by atoms with Crippen LogP contribution in [0.5, 0.6) is 0 Å². The van der Waals surface area contributed by atoms with Gasteiger partial charge in [0, 0.05) is 4.90 Å². The monoisotopic (exact) mass is 235 g/mol. The van der Waals surface area contributed by atoms with Gasteiger partial charge in [-0.3, -0.25) is 0 Å². The first-order chi connectivity index (χ1) is 7.66. The number of carbonyl (C=O) groups is 1. The van der Waals surface area contributed by atoms with Crippen LogP contribution in [0.3, 0.4) is 0 Å². The highest BCUT2D eigenvalue weighted by atomic mass is 32.2. The quantitative estimate of drug-likeness (QED) is 0.850. The summed E-state index contributed by atoms with van der Waals surface area (Å²) >= 11 is 1.28. The summed E-state index contributed by atoms with van der Waals surface area (Å²) in [5.74, 6) is -1.08. The maximum atomic E-state index is 10.8. The van der Waals surface area contributed by atoms with Gasteiger partial charge in [0.1, 0.15) is 0 Å². The second-order valence-electron chi connectivity index (χ2n) is 3.20. The SMILES string of the molecule is Cc1cccc(Sc2n[nH]nc2C(=O)O)c1. The molecule has 0 atom stereocenters. The maximum absolute atomic E-state index is 10.8. The zero-order valence-electron chi connectivity index (χ0n) is 8.47. The zero-order chi connectivity index (χ0) is 11.5. The summed E-state index contributed by atoms with van der Waals surface area (Å²) in [6.45, 7) is 1.98. The fourth-order valence-electron chi connectivity index (χ4n) is 1.22. The second-order valence-corrected chi connectivity index (χ2v) is 4.26. The van der Waals surface area contributed by atoms with Gasteiger partial charge in [0.25, 0.3) is 0 Å². The highest BCUT2D eigenvalue weighted by Gasteiger charge is 2.15. The van der Waals surface area contributed by atoms with Crippen LogP contribution in [0.25, 0.3) is 0 Å². The molecular formula is C10H9N3O2S. The second kappa shape index (κ2) is 4.36. The molecule has 2 rings (SSSR count). The molecule has 5 nitrogen and oxygen atoms in total. The van der Waals surface area contributed by atoms with E-state index in [1.54, 1.807) is 0 Å². The lowest BCUT2D eigenvalue weighted by molar-refractivity contribution is 0.0686. The summed E-state index contributed by atoms with van der Waals surface area (Å²) in [4.78, 5) is 11.7. The Morgan fingerprint density at radius 1 is 1.44 bits per heavy atom. The predicted molar refractivity (Wildman–Crippen MR) is 58.6 cm³/mol. The maximum Gasteiger partial charge on any atom is 0.359 e. The van der Waals surface area contributed by atoms with Crippen molar-refractivity contribution < 1.29 is 9.90 Å². The molecule has 0 spiro atoms. The topological polar surface area (TPSA) is 78.9 Å². The molecule has 1 aromatic heterocycles. The third-order valence-corrected chi connectivity index (χ3v) is 2.89. The van der Waals surface area contributed by atoms with E-state index >= 15 is 0 Å². The molecule has 16 heavy (non-hydrogen) atoms. The first kappa shape index (κ1) is 10.7. The molecule has 0 fully saturated rings. The van der Waals surface area contributed by atoms with Gasteiger partial charge in [-0.05, 0) is 19.1 Å². The molecule has 1 heterocycles. The molecule has 0 aliphatic rings. The first-order valence-corrected chi connectivity index (χ1v) is 5.37.